The number of para-hydroxylation sites is 1. The van der Waals surface area contributed by atoms with Gasteiger partial charge in [0.05, 0.1) is 17.9 Å². The van der Waals surface area contributed by atoms with Crippen molar-refractivity contribution in [3.8, 4) is 11.1 Å². The number of benzene rings is 1. The van der Waals surface area contributed by atoms with Crippen molar-refractivity contribution >= 4 is 28.9 Å². The number of amides is 1. The van der Waals surface area contributed by atoms with Gasteiger partial charge < -0.3 is 14.5 Å². The van der Waals surface area contributed by atoms with Crippen LogP contribution in [0.5, 0.6) is 0 Å². The number of Topliss-reactive ketones (excluding diaryl/α,β-unsaturated/α-hetero) is 1. The molecule has 0 fully saturated rings. The van der Waals surface area contributed by atoms with Crippen molar-refractivity contribution in [2.24, 2.45) is 0 Å². The summed E-state index contributed by atoms with van der Waals surface area (Å²) in [4.78, 5) is 42.5. The van der Waals surface area contributed by atoms with Gasteiger partial charge in [-0.3, -0.25) is 14.6 Å². The summed E-state index contributed by atoms with van der Waals surface area (Å²) in [6, 6.07) is 17.3. The molecule has 4 aromatic rings. The van der Waals surface area contributed by atoms with E-state index in [0.29, 0.717) is 11.1 Å². The number of carbonyl (C=O) groups excluding carboxylic acids is 3. The number of rotatable bonds is 6. The molecule has 3 heterocycles. The largest absolute Gasteiger partial charge is 0.462 e. The second kappa shape index (κ2) is 8.62. The quantitative estimate of drug-likeness (QED) is 0.293. The molecular formula is C24H19N3O4. The second-order valence-corrected chi connectivity index (χ2v) is 6.69. The van der Waals surface area contributed by atoms with Crippen LogP contribution in [0.3, 0.4) is 0 Å². The summed E-state index contributed by atoms with van der Waals surface area (Å²) in [5, 5.41) is 2.56. The van der Waals surface area contributed by atoms with E-state index in [9.17, 15) is 14.4 Å². The molecule has 0 saturated heterocycles. The highest BCUT2D eigenvalue weighted by Crippen LogP contribution is 2.28. The van der Waals surface area contributed by atoms with Gasteiger partial charge in [0.15, 0.2) is 0 Å². The summed E-state index contributed by atoms with van der Waals surface area (Å²) in [7, 11) is 0. The smallest absolute Gasteiger partial charge is 0.340 e. The van der Waals surface area contributed by atoms with Crippen LogP contribution in [0.1, 0.15) is 27.8 Å². The van der Waals surface area contributed by atoms with Crippen LogP contribution in [-0.2, 0) is 9.53 Å². The van der Waals surface area contributed by atoms with Crippen molar-refractivity contribution in [1.82, 2.24) is 9.38 Å². The lowest BCUT2D eigenvalue weighted by Crippen LogP contribution is -2.25. The molecule has 7 nitrogen and oxygen atoms in total. The van der Waals surface area contributed by atoms with Gasteiger partial charge in [0.2, 0.25) is 0 Å². The van der Waals surface area contributed by atoms with Crippen molar-refractivity contribution in [1.29, 1.82) is 0 Å². The molecule has 0 radical (unpaired) electrons. The van der Waals surface area contributed by atoms with Crippen LogP contribution in [0.25, 0.3) is 16.6 Å². The number of nitrogens with zero attached hydrogens (tertiary/aromatic N) is 2. The maximum Gasteiger partial charge on any atom is 0.340 e. The number of hydrogen-bond donors (Lipinski definition) is 1. The van der Waals surface area contributed by atoms with E-state index < -0.39 is 17.7 Å². The Morgan fingerprint density at radius 3 is 2.61 bits per heavy atom. The zero-order valence-corrected chi connectivity index (χ0v) is 16.7. The first-order chi connectivity index (χ1) is 15.1. The highest BCUT2D eigenvalue weighted by molar-refractivity contribution is 6.47. The molecule has 0 aliphatic heterocycles. The molecule has 0 bridgehead atoms. The van der Waals surface area contributed by atoms with Gasteiger partial charge in [-0.15, -0.1) is 0 Å². The number of nitrogens with one attached hydrogen (secondary N) is 1. The SMILES string of the molecule is CCOC(=O)c1ccccc1NC(=O)C(=O)c1c(-c2cccnc2)cc2ccccn12. The zero-order chi connectivity index (χ0) is 21.8. The van der Waals surface area contributed by atoms with Gasteiger partial charge >= 0.3 is 5.97 Å². The minimum absolute atomic E-state index is 0.179. The van der Waals surface area contributed by atoms with Gasteiger partial charge in [0.25, 0.3) is 11.7 Å². The van der Waals surface area contributed by atoms with Crippen molar-refractivity contribution in [3.05, 3.63) is 90.5 Å². The molecule has 0 unspecified atom stereocenters. The predicted molar refractivity (Wildman–Crippen MR) is 116 cm³/mol. The van der Waals surface area contributed by atoms with Gasteiger partial charge in [-0.25, -0.2) is 4.79 Å². The molecule has 4 rings (SSSR count). The van der Waals surface area contributed by atoms with E-state index in [0.717, 1.165) is 5.52 Å². The summed E-state index contributed by atoms with van der Waals surface area (Å²) in [6.07, 6.45) is 5.00. The number of carbonyl (C=O) groups is 3. The molecule has 7 heteroatoms. The monoisotopic (exact) mass is 413 g/mol. The molecule has 31 heavy (non-hydrogen) atoms. The number of pyridine rings is 2. The van der Waals surface area contributed by atoms with E-state index in [2.05, 4.69) is 10.3 Å². The number of aromatic nitrogens is 2. The lowest BCUT2D eigenvalue weighted by molar-refractivity contribution is -0.112. The Morgan fingerprint density at radius 2 is 1.84 bits per heavy atom. The fraction of sp³-hybridized carbons (Fsp3) is 0.0833. The van der Waals surface area contributed by atoms with Gasteiger partial charge in [-0.1, -0.05) is 24.3 Å². The summed E-state index contributed by atoms with van der Waals surface area (Å²) >= 11 is 0. The minimum Gasteiger partial charge on any atom is -0.462 e. The first kappa shape index (κ1) is 20.0. The second-order valence-electron chi connectivity index (χ2n) is 6.69. The highest BCUT2D eigenvalue weighted by atomic mass is 16.5. The molecule has 154 valence electrons. The Labute approximate surface area is 178 Å². The Balaban J connectivity index is 1.73. The lowest BCUT2D eigenvalue weighted by Gasteiger charge is -2.11. The highest BCUT2D eigenvalue weighted by Gasteiger charge is 2.26. The molecule has 1 amide bonds. The van der Waals surface area contributed by atoms with E-state index >= 15 is 0 Å². The van der Waals surface area contributed by atoms with Crippen LogP contribution in [0.2, 0.25) is 0 Å². The molecule has 1 N–H and O–H groups in total. The molecule has 0 atom stereocenters. The topological polar surface area (TPSA) is 89.8 Å². The van der Waals surface area contributed by atoms with E-state index in [4.69, 9.17) is 4.74 Å². The maximum atomic E-state index is 13.3. The Hall–Kier alpha value is -4.26. The van der Waals surface area contributed by atoms with E-state index in [1.165, 1.54) is 6.07 Å². The van der Waals surface area contributed by atoms with E-state index in [-0.39, 0.29) is 23.6 Å². The first-order valence-corrected chi connectivity index (χ1v) is 9.72. The molecule has 0 aliphatic carbocycles. The van der Waals surface area contributed by atoms with Crippen LogP contribution in [-0.4, -0.2) is 33.7 Å². The Kier molecular flexibility index (Phi) is 5.57. The summed E-state index contributed by atoms with van der Waals surface area (Å²) < 4.78 is 6.70. The van der Waals surface area contributed by atoms with Crippen molar-refractivity contribution in [3.63, 3.8) is 0 Å². The number of fused-ring (bicyclic) bond motifs is 1. The van der Waals surface area contributed by atoms with Crippen molar-refractivity contribution < 1.29 is 19.1 Å². The molecule has 0 saturated carbocycles. The van der Waals surface area contributed by atoms with E-state index in [1.807, 2.05) is 24.3 Å². The number of hydrogen-bond acceptors (Lipinski definition) is 5. The summed E-state index contributed by atoms with van der Waals surface area (Å²) in [6.45, 7) is 1.89. The fourth-order valence-corrected chi connectivity index (χ4v) is 3.36. The minimum atomic E-state index is -0.856. The van der Waals surface area contributed by atoms with Gasteiger partial charge in [-0.05, 0) is 43.3 Å². The average Bonchev–Trinajstić information content (AvgIpc) is 3.19. The van der Waals surface area contributed by atoms with Gasteiger partial charge in [-0.2, -0.15) is 0 Å². The summed E-state index contributed by atoms with van der Waals surface area (Å²) in [5.41, 5.74) is 2.69. The third-order valence-electron chi connectivity index (χ3n) is 4.74. The predicted octanol–water partition coefficient (Wildman–Crippen LogP) is 4.00. The van der Waals surface area contributed by atoms with Crippen LogP contribution in [0.15, 0.2) is 79.3 Å². The normalized spacial score (nSPS) is 10.6. The number of esters is 1. The van der Waals surface area contributed by atoms with E-state index in [1.54, 1.807) is 60.2 Å². The van der Waals surface area contributed by atoms with Crippen LogP contribution in [0, 0.1) is 0 Å². The van der Waals surface area contributed by atoms with Crippen molar-refractivity contribution in [2.45, 2.75) is 6.92 Å². The average molecular weight is 413 g/mol. The van der Waals surface area contributed by atoms with Crippen LogP contribution in [0.4, 0.5) is 5.69 Å². The Morgan fingerprint density at radius 1 is 1.03 bits per heavy atom. The molecular weight excluding hydrogens is 394 g/mol. The number of anilines is 1. The van der Waals surface area contributed by atoms with Gasteiger partial charge in [0.1, 0.15) is 5.69 Å². The standard InChI is InChI=1S/C24H19N3O4/c1-2-31-24(30)18-10-3-4-11-20(18)26-23(29)22(28)21-19(16-8-7-12-25-15-16)14-17-9-5-6-13-27(17)21/h3-15H,2H2,1H3,(H,26,29). The van der Waals surface area contributed by atoms with Crippen LogP contribution >= 0.6 is 0 Å². The third-order valence-corrected chi connectivity index (χ3v) is 4.74. The molecule has 0 aliphatic rings. The Bertz CT molecular complexity index is 1280. The molecule has 1 aromatic carbocycles. The number of ether oxygens (including phenoxy) is 1. The maximum absolute atomic E-state index is 13.3. The van der Waals surface area contributed by atoms with Crippen LogP contribution < -0.4 is 5.32 Å². The molecule has 3 aromatic heterocycles. The third kappa shape index (κ3) is 3.93. The fourth-order valence-electron chi connectivity index (χ4n) is 3.36. The first-order valence-electron chi connectivity index (χ1n) is 9.72. The number of ketones is 1. The lowest BCUT2D eigenvalue weighted by atomic mass is 10.1. The van der Waals surface area contributed by atoms with Crippen molar-refractivity contribution in [2.75, 3.05) is 11.9 Å². The zero-order valence-electron chi connectivity index (χ0n) is 16.7. The molecule has 0 spiro atoms. The van der Waals surface area contributed by atoms with Gasteiger partial charge in [0, 0.05) is 35.2 Å². The summed E-state index contributed by atoms with van der Waals surface area (Å²) in [5.74, 6) is -2.16.